The van der Waals surface area contributed by atoms with Gasteiger partial charge in [-0.15, -0.1) is 0 Å². The zero-order valence-electron chi connectivity index (χ0n) is 15.9. The van der Waals surface area contributed by atoms with Gasteiger partial charge in [-0.3, -0.25) is 14.4 Å². The first-order chi connectivity index (χ1) is 13.0. The molecule has 8 nitrogen and oxygen atoms in total. The number of nitrogens with one attached hydrogen (secondary N) is 1. The number of methoxy groups -OCH3 is 1. The van der Waals surface area contributed by atoms with Gasteiger partial charge in [-0.1, -0.05) is 0 Å². The van der Waals surface area contributed by atoms with Crippen molar-refractivity contribution >= 4 is 17.6 Å². The molecule has 0 radical (unpaired) electrons. The van der Waals surface area contributed by atoms with Crippen molar-refractivity contribution in [2.75, 3.05) is 38.2 Å². The lowest BCUT2D eigenvalue weighted by Gasteiger charge is -2.18. The van der Waals surface area contributed by atoms with Crippen LogP contribution in [0.1, 0.15) is 11.4 Å². The minimum Gasteiger partial charge on any atom is -0.497 e. The van der Waals surface area contributed by atoms with Crippen molar-refractivity contribution in [3.63, 3.8) is 0 Å². The molecule has 0 spiro atoms. The molecular formula is C19H25N5O3. The van der Waals surface area contributed by atoms with Crippen LogP contribution < -0.4 is 15.0 Å². The number of benzene rings is 1. The maximum Gasteiger partial charge on any atom is 0.325 e. The van der Waals surface area contributed by atoms with Crippen molar-refractivity contribution in [3.05, 3.63) is 41.7 Å². The summed E-state index contributed by atoms with van der Waals surface area (Å²) in [4.78, 5) is 28.0. The topological polar surface area (TPSA) is 79.7 Å². The highest BCUT2D eigenvalue weighted by molar-refractivity contribution is 5.96. The molecule has 144 valence electrons. The maximum absolute atomic E-state index is 12.6. The second kappa shape index (κ2) is 8.11. The number of amides is 3. The first-order valence-corrected chi connectivity index (χ1v) is 8.96. The first-order valence-electron chi connectivity index (χ1n) is 8.96. The van der Waals surface area contributed by atoms with Gasteiger partial charge in [0.1, 0.15) is 12.3 Å². The number of urea groups is 1. The first kappa shape index (κ1) is 18.8. The molecule has 1 saturated heterocycles. The number of ether oxygens (including phenoxy) is 1. The zero-order chi connectivity index (χ0) is 19.4. The Hall–Kier alpha value is -3.03. The van der Waals surface area contributed by atoms with Crippen LogP contribution in [0.3, 0.4) is 0 Å². The fraction of sp³-hybridized carbons (Fsp3) is 0.421. The number of hydrogen-bond donors (Lipinski definition) is 1. The van der Waals surface area contributed by atoms with E-state index in [1.807, 2.05) is 48.9 Å². The van der Waals surface area contributed by atoms with E-state index in [0.717, 1.165) is 22.8 Å². The zero-order valence-corrected chi connectivity index (χ0v) is 15.9. The van der Waals surface area contributed by atoms with Crippen molar-refractivity contribution in [1.29, 1.82) is 0 Å². The number of rotatable bonds is 7. The Balaban J connectivity index is 1.48. The SMILES string of the molecule is COc1ccc(N2CCN(CC(=O)NCCn3nc(C)cc3C)C2=O)cc1. The fourth-order valence-electron chi connectivity index (χ4n) is 3.16. The minimum absolute atomic E-state index is 0.0581. The second-order valence-corrected chi connectivity index (χ2v) is 6.55. The number of anilines is 1. The third kappa shape index (κ3) is 4.39. The molecular weight excluding hydrogens is 346 g/mol. The largest absolute Gasteiger partial charge is 0.497 e. The van der Waals surface area contributed by atoms with Crippen molar-refractivity contribution in [2.24, 2.45) is 0 Å². The molecule has 3 amide bonds. The van der Waals surface area contributed by atoms with Gasteiger partial charge in [0.2, 0.25) is 5.91 Å². The summed E-state index contributed by atoms with van der Waals surface area (Å²) >= 11 is 0. The third-order valence-corrected chi connectivity index (χ3v) is 4.56. The maximum atomic E-state index is 12.6. The molecule has 2 heterocycles. The van der Waals surface area contributed by atoms with Gasteiger partial charge in [0.25, 0.3) is 0 Å². The number of hydrogen-bond acceptors (Lipinski definition) is 4. The van der Waals surface area contributed by atoms with E-state index in [2.05, 4.69) is 10.4 Å². The molecule has 1 aliphatic rings. The van der Waals surface area contributed by atoms with E-state index in [1.54, 1.807) is 16.9 Å². The Morgan fingerprint density at radius 1 is 1.22 bits per heavy atom. The average Bonchev–Trinajstić information content (AvgIpc) is 3.17. The fourth-order valence-corrected chi connectivity index (χ4v) is 3.16. The summed E-state index contributed by atoms with van der Waals surface area (Å²) in [6.45, 7) is 6.15. The van der Waals surface area contributed by atoms with Crippen molar-refractivity contribution in [1.82, 2.24) is 20.0 Å². The summed E-state index contributed by atoms with van der Waals surface area (Å²) in [5, 5.41) is 7.22. The van der Waals surface area contributed by atoms with Gasteiger partial charge in [-0.05, 0) is 44.2 Å². The highest BCUT2D eigenvalue weighted by Crippen LogP contribution is 2.23. The standard InChI is InChI=1S/C19H25N5O3/c1-14-12-15(2)24(21-14)9-8-20-18(25)13-22-10-11-23(19(22)26)16-4-6-17(27-3)7-5-16/h4-7,12H,8-11,13H2,1-3H3,(H,20,25). The molecule has 3 rings (SSSR count). The average molecular weight is 371 g/mol. The number of carbonyl (C=O) groups is 2. The van der Waals surface area contributed by atoms with Crippen molar-refractivity contribution in [3.8, 4) is 5.75 Å². The predicted octanol–water partition coefficient (Wildman–Crippen LogP) is 1.57. The van der Waals surface area contributed by atoms with Crippen LogP contribution in [-0.2, 0) is 11.3 Å². The van der Waals surface area contributed by atoms with Crippen LogP contribution in [0.2, 0.25) is 0 Å². The lowest BCUT2D eigenvalue weighted by atomic mass is 10.3. The third-order valence-electron chi connectivity index (χ3n) is 4.56. The predicted molar refractivity (Wildman–Crippen MR) is 102 cm³/mol. The van der Waals surface area contributed by atoms with E-state index in [4.69, 9.17) is 4.74 Å². The highest BCUT2D eigenvalue weighted by Gasteiger charge is 2.30. The smallest absolute Gasteiger partial charge is 0.325 e. The molecule has 1 fully saturated rings. The Morgan fingerprint density at radius 3 is 2.59 bits per heavy atom. The van der Waals surface area contributed by atoms with Gasteiger partial charge in [-0.25, -0.2) is 4.79 Å². The van der Waals surface area contributed by atoms with Crippen LogP contribution >= 0.6 is 0 Å². The Bertz CT molecular complexity index is 815. The van der Waals surface area contributed by atoms with Gasteiger partial charge < -0.3 is 15.0 Å². The van der Waals surface area contributed by atoms with E-state index in [0.29, 0.717) is 26.2 Å². The number of carbonyl (C=O) groups excluding carboxylic acids is 2. The van der Waals surface area contributed by atoms with E-state index in [9.17, 15) is 9.59 Å². The van der Waals surface area contributed by atoms with Crippen LogP contribution in [0, 0.1) is 13.8 Å². The lowest BCUT2D eigenvalue weighted by molar-refractivity contribution is -0.121. The Kier molecular flexibility index (Phi) is 5.63. The summed E-state index contributed by atoms with van der Waals surface area (Å²) in [6, 6.07) is 9.16. The Morgan fingerprint density at radius 2 is 1.96 bits per heavy atom. The van der Waals surface area contributed by atoms with Gasteiger partial charge >= 0.3 is 6.03 Å². The highest BCUT2D eigenvalue weighted by atomic mass is 16.5. The molecule has 1 aliphatic heterocycles. The lowest BCUT2D eigenvalue weighted by Crippen LogP contribution is -2.40. The quantitative estimate of drug-likeness (QED) is 0.801. The molecule has 0 aliphatic carbocycles. The van der Waals surface area contributed by atoms with Crippen LogP contribution in [0.4, 0.5) is 10.5 Å². The summed E-state index contributed by atoms with van der Waals surface area (Å²) in [5.41, 5.74) is 2.82. The summed E-state index contributed by atoms with van der Waals surface area (Å²) in [7, 11) is 1.60. The number of aryl methyl sites for hydroxylation is 2. The summed E-state index contributed by atoms with van der Waals surface area (Å²) in [5.74, 6) is 0.575. The van der Waals surface area contributed by atoms with E-state index in [1.165, 1.54) is 0 Å². The second-order valence-electron chi connectivity index (χ2n) is 6.55. The minimum atomic E-state index is -0.165. The number of aromatic nitrogens is 2. The van der Waals surface area contributed by atoms with Crippen LogP contribution in [0.15, 0.2) is 30.3 Å². The van der Waals surface area contributed by atoms with Crippen molar-refractivity contribution in [2.45, 2.75) is 20.4 Å². The van der Waals surface area contributed by atoms with Gasteiger partial charge in [-0.2, -0.15) is 5.10 Å². The molecule has 0 saturated carbocycles. The molecule has 8 heteroatoms. The van der Waals surface area contributed by atoms with E-state index in [-0.39, 0.29) is 18.5 Å². The van der Waals surface area contributed by atoms with Crippen LogP contribution in [0.25, 0.3) is 0 Å². The molecule has 0 bridgehead atoms. The van der Waals surface area contributed by atoms with Crippen LogP contribution in [0.5, 0.6) is 5.75 Å². The Labute approximate surface area is 158 Å². The molecule has 1 aromatic carbocycles. The molecule has 0 atom stereocenters. The van der Waals surface area contributed by atoms with Crippen LogP contribution in [-0.4, -0.2) is 59.9 Å². The molecule has 1 N–H and O–H groups in total. The molecule has 2 aromatic rings. The summed E-state index contributed by atoms with van der Waals surface area (Å²) in [6.07, 6.45) is 0. The molecule has 1 aromatic heterocycles. The molecule has 27 heavy (non-hydrogen) atoms. The summed E-state index contributed by atoms with van der Waals surface area (Å²) < 4.78 is 7.00. The van der Waals surface area contributed by atoms with Gasteiger partial charge in [0.15, 0.2) is 0 Å². The van der Waals surface area contributed by atoms with E-state index < -0.39 is 0 Å². The normalized spacial score (nSPS) is 14.0. The monoisotopic (exact) mass is 371 g/mol. The van der Waals surface area contributed by atoms with Crippen molar-refractivity contribution < 1.29 is 14.3 Å². The number of nitrogens with zero attached hydrogens (tertiary/aromatic N) is 4. The van der Waals surface area contributed by atoms with E-state index >= 15 is 0 Å². The molecule has 0 unspecified atom stereocenters. The van der Waals surface area contributed by atoms with Gasteiger partial charge in [0.05, 0.1) is 19.3 Å². The van der Waals surface area contributed by atoms with Gasteiger partial charge in [0, 0.05) is 31.0 Å².